The number of carbonyl (C=O) groups excluding carboxylic acids is 1. The van der Waals surface area contributed by atoms with Crippen LogP contribution in [0.1, 0.15) is 52.7 Å². The summed E-state index contributed by atoms with van der Waals surface area (Å²) in [6.45, 7) is 4.28. The van der Waals surface area contributed by atoms with Gasteiger partial charge in [0.15, 0.2) is 0 Å². The van der Waals surface area contributed by atoms with Crippen LogP contribution in [-0.4, -0.2) is 36.0 Å². The maximum atomic E-state index is 13.0. The third kappa shape index (κ3) is 2.33. The molecule has 3 atom stereocenters. The Bertz CT molecular complexity index is 529. The molecule has 0 spiro atoms. The number of hydrogen-bond donors (Lipinski definition) is 1. The van der Waals surface area contributed by atoms with Gasteiger partial charge in [0.25, 0.3) is 5.91 Å². The fourth-order valence-electron chi connectivity index (χ4n) is 4.41. The van der Waals surface area contributed by atoms with Crippen molar-refractivity contribution in [2.24, 2.45) is 5.92 Å². The molecule has 0 bridgehead atoms. The van der Waals surface area contributed by atoms with Gasteiger partial charge in [0.2, 0.25) is 0 Å². The molecule has 4 heteroatoms. The average Bonchev–Trinajstić information content (AvgIpc) is 3.09. The molecule has 1 N–H and O–H groups in total. The molecule has 2 saturated heterocycles. The minimum absolute atomic E-state index is 0.289. The Morgan fingerprint density at radius 3 is 3.05 bits per heavy atom. The fourth-order valence-corrected chi connectivity index (χ4v) is 5.61. The van der Waals surface area contributed by atoms with Gasteiger partial charge in [-0.3, -0.25) is 4.79 Å². The second-order valence-corrected chi connectivity index (χ2v) is 8.04. The molecule has 2 fully saturated rings. The van der Waals surface area contributed by atoms with Gasteiger partial charge in [-0.05, 0) is 56.6 Å². The van der Waals surface area contributed by atoms with Gasteiger partial charge >= 0.3 is 0 Å². The average molecular weight is 304 g/mol. The van der Waals surface area contributed by atoms with E-state index in [2.05, 4.69) is 23.2 Å². The SMILES string of the molecule is CC1CC2CNCC2N1C(=O)c1cc2c(s1)CCCCC2. The molecule has 1 aliphatic carbocycles. The van der Waals surface area contributed by atoms with Crippen molar-refractivity contribution >= 4 is 17.2 Å². The first kappa shape index (κ1) is 13.8. The Labute approximate surface area is 130 Å². The summed E-state index contributed by atoms with van der Waals surface area (Å²) in [7, 11) is 0. The molecule has 4 rings (SSSR count). The quantitative estimate of drug-likeness (QED) is 0.809. The number of nitrogens with zero attached hydrogens (tertiary/aromatic N) is 1. The van der Waals surface area contributed by atoms with E-state index in [9.17, 15) is 4.79 Å². The Kier molecular flexibility index (Phi) is 3.54. The molecule has 21 heavy (non-hydrogen) atoms. The maximum absolute atomic E-state index is 13.0. The summed E-state index contributed by atoms with van der Waals surface area (Å²) >= 11 is 1.77. The molecule has 3 unspecified atom stereocenters. The van der Waals surface area contributed by atoms with E-state index >= 15 is 0 Å². The van der Waals surface area contributed by atoms with E-state index in [4.69, 9.17) is 0 Å². The van der Waals surface area contributed by atoms with E-state index < -0.39 is 0 Å². The Morgan fingerprint density at radius 1 is 1.29 bits per heavy atom. The monoisotopic (exact) mass is 304 g/mol. The Balaban J connectivity index is 1.60. The van der Waals surface area contributed by atoms with Crippen LogP contribution in [0.3, 0.4) is 0 Å². The number of carbonyl (C=O) groups is 1. The number of likely N-dealkylation sites (tertiary alicyclic amines) is 1. The fraction of sp³-hybridized carbons (Fsp3) is 0.706. The molecule has 2 aliphatic heterocycles. The van der Waals surface area contributed by atoms with Crippen molar-refractivity contribution in [3.05, 3.63) is 21.4 Å². The summed E-state index contributed by atoms with van der Waals surface area (Å²) in [5, 5.41) is 3.45. The lowest BCUT2D eigenvalue weighted by Crippen LogP contribution is -2.42. The van der Waals surface area contributed by atoms with E-state index in [0.717, 1.165) is 24.4 Å². The molecular weight excluding hydrogens is 280 g/mol. The predicted molar refractivity (Wildman–Crippen MR) is 86.0 cm³/mol. The van der Waals surface area contributed by atoms with Crippen LogP contribution in [0, 0.1) is 5.92 Å². The lowest BCUT2D eigenvalue weighted by Gasteiger charge is -2.27. The van der Waals surface area contributed by atoms with E-state index in [0.29, 0.717) is 18.0 Å². The molecule has 1 aromatic rings. The molecule has 1 aromatic heterocycles. The van der Waals surface area contributed by atoms with Crippen LogP contribution in [0.2, 0.25) is 0 Å². The van der Waals surface area contributed by atoms with Gasteiger partial charge in [-0.2, -0.15) is 0 Å². The van der Waals surface area contributed by atoms with Crippen molar-refractivity contribution < 1.29 is 4.79 Å². The van der Waals surface area contributed by atoms with E-state index in [1.165, 1.54) is 42.5 Å². The first-order valence-corrected chi connectivity index (χ1v) is 9.20. The van der Waals surface area contributed by atoms with Crippen molar-refractivity contribution in [3.8, 4) is 0 Å². The number of thiophene rings is 1. The highest BCUT2D eigenvalue weighted by atomic mass is 32.1. The van der Waals surface area contributed by atoms with Gasteiger partial charge in [-0.15, -0.1) is 11.3 Å². The topological polar surface area (TPSA) is 32.3 Å². The van der Waals surface area contributed by atoms with Crippen LogP contribution >= 0.6 is 11.3 Å². The number of nitrogens with one attached hydrogen (secondary N) is 1. The van der Waals surface area contributed by atoms with Gasteiger partial charge in [0.05, 0.1) is 4.88 Å². The smallest absolute Gasteiger partial charge is 0.264 e. The van der Waals surface area contributed by atoms with Crippen molar-refractivity contribution in [2.45, 2.75) is 57.5 Å². The molecule has 0 aromatic carbocycles. The minimum Gasteiger partial charge on any atom is -0.331 e. The summed E-state index contributed by atoms with van der Waals surface area (Å²) < 4.78 is 0. The van der Waals surface area contributed by atoms with Crippen molar-refractivity contribution in [1.82, 2.24) is 10.2 Å². The van der Waals surface area contributed by atoms with Crippen LogP contribution in [0.15, 0.2) is 6.07 Å². The van der Waals surface area contributed by atoms with Crippen LogP contribution < -0.4 is 5.32 Å². The zero-order valence-corrected chi connectivity index (χ0v) is 13.5. The highest BCUT2D eigenvalue weighted by Gasteiger charge is 2.44. The third-order valence-electron chi connectivity index (χ3n) is 5.47. The summed E-state index contributed by atoms with van der Waals surface area (Å²) in [4.78, 5) is 17.7. The Morgan fingerprint density at radius 2 is 2.14 bits per heavy atom. The molecule has 3 nitrogen and oxygen atoms in total. The van der Waals surface area contributed by atoms with Crippen molar-refractivity contribution in [1.29, 1.82) is 0 Å². The first-order chi connectivity index (χ1) is 10.2. The van der Waals surface area contributed by atoms with Gasteiger partial charge in [0.1, 0.15) is 0 Å². The number of fused-ring (bicyclic) bond motifs is 2. The lowest BCUT2D eigenvalue weighted by atomic mass is 10.0. The lowest BCUT2D eigenvalue weighted by molar-refractivity contribution is 0.0687. The third-order valence-corrected chi connectivity index (χ3v) is 6.70. The highest BCUT2D eigenvalue weighted by Crippen LogP contribution is 2.36. The van der Waals surface area contributed by atoms with Gasteiger partial charge in [0, 0.05) is 30.1 Å². The van der Waals surface area contributed by atoms with E-state index in [1.54, 1.807) is 11.3 Å². The second kappa shape index (κ2) is 5.40. The number of rotatable bonds is 1. The zero-order valence-electron chi connectivity index (χ0n) is 12.7. The van der Waals surface area contributed by atoms with Crippen molar-refractivity contribution in [3.63, 3.8) is 0 Å². The number of hydrogen-bond acceptors (Lipinski definition) is 3. The molecule has 1 amide bonds. The summed E-state index contributed by atoms with van der Waals surface area (Å²) in [5.41, 5.74) is 1.45. The van der Waals surface area contributed by atoms with Gasteiger partial charge < -0.3 is 10.2 Å². The summed E-state index contributed by atoms with van der Waals surface area (Å²) in [6.07, 6.45) is 7.42. The molecule has 3 heterocycles. The minimum atomic E-state index is 0.289. The molecular formula is C17H24N2OS. The van der Waals surface area contributed by atoms with Crippen LogP contribution in [0.4, 0.5) is 0 Å². The number of amides is 1. The molecule has 114 valence electrons. The van der Waals surface area contributed by atoms with Gasteiger partial charge in [-0.1, -0.05) is 6.42 Å². The molecule has 0 radical (unpaired) electrons. The van der Waals surface area contributed by atoms with Crippen LogP contribution in [0.25, 0.3) is 0 Å². The largest absolute Gasteiger partial charge is 0.331 e. The number of aryl methyl sites for hydroxylation is 2. The van der Waals surface area contributed by atoms with Crippen LogP contribution in [-0.2, 0) is 12.8 Å². The first-order valence-electron chi connectivity index (χ1n) is 8.39. The maximum Gasteiger partial charge on any atom is 0.264 e. The van der Waals surface area contributed by atoms with Crippen molar-refractivity contribution in [2.75, 3.05) is 13.1 Å². The van der Waals surface area contributed by atoms with Gasteiger partial charge in [-0.25, -0.2) is 0 Å². The highest BCUT2D eigenvalue weighted by molar-refractivity contribution is 7.14. The normalized spacial score (nSPS) is 31.9. The van der Waals surface area contributed by atoms with E-state index in [-0.39, 0.29) is 5.91 Å². The molecule has 0 saturated carbocycles. The zero-order chi connectivity index (χ0) is 14.4. The summed E-state index contributed by atoms with van der Waals surface area (Å²) in [6, 6.07) is 3.03. The standard InChI is InChI=1S/C17H24N2OS/c1-11-7-13-9-18-10-14(13)19(11)17(20)16-8-12-5-3-2-4-6-15(12)21-16/h8,11,13-14,18H,2-7,9-10H2,1H3. The molecule has 3 aliphatic rings. The Hall–Kier alpha value is -0.870. The van der Waals surface area contributed by atoms with Crippen LogP contribution in [0.5, 0.6) is 0 Å². The second-order valence-electron chi connectivity index (χ2n) is 6.90. The van der Waals surface area contributed by atoms with E-state index in [1.807, 2.05) is 0 Å². The summed E-state index contributed by atoms with van der Waals surface area (Å²) in [5.74, 6) is 0.957. The predicted octanol–water partition coefficient (Wildman–Crippen LogP) is 2.84.